The third-order valence-corrected chi connectivity index (χ3v) is 5.95. The summed E-state index contributed by atoms with van der Waals surface area (Å²) in [5, 5.41) is 0. The van der Waals surface area contributed by atoms with Crippen molar-refractivity contribution in [3.8, 4) is 0 Å². The minimum atomic E-state index is 0.845. The molecule has 0 aliphatic rings. The minimum Gasteiger partial charge on any atom is -0.0885 e. The van der Waals surface area contributed by atoms with E-state index in [1.165, 1.54) is 109 Å². The Balaban J connectivity index is 3.48. The molecule has 0 aromatic heterocycles. The molecule has 0 aromatic rings. The summed E-state index contributed by atoms with van der Waals surface area (Å²) in [4.78, 5) is 0. The number of allylic oxidation sites excluding steroid dienone is 2. The molecule has 0 aliphatic heterocycles. The summed E-state index contributed by atoms with van der Waals surface area (Å²) in [5.41, 5.74) is 0. The highest BCUT2D eigenvalue weighted by molar-refractivity contribution is 4.82. The Kier molecular flexibility index (Phi) is 22.8. The van der Waals surface area contributed by atoms with Gasteiger partial charge in [-0.3, -0.25) is 0 Å². The fourth-order valence-corrected chi connectivity index (χ4v) is 4.29. The van der Waals surface area contributed by atoms with Gasteiger partial charge in [0, 0.05) is 0 Å². The van der Waals surface area contributed by atoms with Gasteiger partial charge in [0.1, 0.15) is 0 Å². The van der Waals surface area contributed by atoms with Crippen molar-refractivity contribution in [1.82, 2.24) is 0 Å². The Morgan fingerprint density at radius 1 is 0.536 bits per heavy atom. The first-order valence-electron chi connectivity index (χ1n) is 12.9. The molecule has 0 fully saturated rings. The molecule has 0 amide bonds. The van der Waals surface area contributed by atoms with Crippen molar-refractivity contribution >= 4 is 0 Å². The molecular formula is C28H54. The van der Waals surface area contributed by atoms with Gasteiger partial charge < -0.3 is 0 Å². The van der Waals surface area contributed by atoms with Gasteiger partial charge in [0.15, 0.2) is 0 Å². The molecule has 0 saturated heterocycles. The molecule has 1 unspecified atom stereocenters. The highest BCUT2D eigenvalue weighted by atomic mass is 14.2. The molecule has 0 rings (SSSR count). The van der Waals surface area contributed by atoms with E-state index in [0.29, 0.717) is 0 Å². The fourth-order valence-electron chi connectivity index (χ4n) is 4.29. The predicted octanol–water partition coefficient (Wildman–Crippen LogP) is 10.3. The standard InChI is InChI=1S/C28H54/c1-5-7-9-11-12-13-14-15-16-17-18-19-21-23-25-28(26-27(3)4)24-22-20-10-8-6-2/h10,20,27-28H,1-2,5-9,11-19,21-26H2,3-4H3/b20-10+. The lowest BCUT2D eigenvalue weighted by atomic mass is 9.88. The molecular weight excluding hydrogens is 336 g/mol. The maximum absolute atomic E-state index is 3.92. The van der Waals surface area contributed by atoms with Crippen LogP contribution < -0.4 is 0 Å². The Morgan fingerprint density at radius 2 is 1.00 bits per heavy atom. The van der Waals surface area contributed by atoms with Crippen LogP contribution in [0.4, 0.5) is 0 Å². The van der Waals surface area contributed by atoms with Gasteiger partial charge in [-0.1, -0.05) is 136 Å². The molecule has 0 nitrogen and oxygen atoms in total. The van der Waals surface area contributed by atoms with Gasteiger partial charge in [0.05, 0.1) is 0 Å². The first-order chi connectivity index (χ1) is 13.7. The maximum Gasteiger partial charge on any atom is -0.0348 e. The van der Waals surface area contributed by atoms with Gasteiger partial charge in [-0.05, 0) is 43.9 Å². The van der Waals surface area contributed by atoms with Gasteiger partial charge in [0.2, 0.25) is 0 Å². The summed E-state index contributed by atoms with van der Waals surface area (Å²) < 4.78 is 0. The largest absolute Gasteiger partial charge is 0.0885 e. The van der Waals surface area contributed by atoms with Gasteiger partial charge in [-0.15, -0.1) is 0 Å². The summed E-state index contributed by atoms with van der Waals surface area (Å²) >= 11 is 0. The summed E-state index contributed by atoms with van der Waals surface area (Å²) in [6, 6.07) is 0. The van der Waals surface area contributed by atoms with E-state index in [9.17, 15) is 0 Å². The van der Waals surface area contributed by atoms with Crippen LogP contribution in [0.3, 0.4) is 0 Å². The van der Waals surface area contributed by atoms with Crippen LogP contribution >= 0.6 is 0 Å². The van der Waals surface area contributed by atoms with Gasteiger partial charge in [-0.25, -0.2) is 0 Å². The normalized spacial score (nSPS) is 13.0. The molecule has 0 aromatic carbocycles. The van der Waals surface area contributed by atoms with Gasteiger partial charge >= 0.3 is 0 Å². The average molecular weight is 391 g/mol. The van der Waals surface area contributed by atoms with E-state index in [1.54, 1.807) is 0 Å². The summed E-state index contributed by atoms with van der Waals surface area (Å²) in [6.45, 7) is 12.6. The molecule has 1 atom stereocenters. The first-order valence-corrected chi connectivity index (χ1v) is 12.9. The quantitative estimate of drug-likeness (QED) is 0.127. The highest BCUT2D eigenvalue weighted by Gasteiger charge is 2.10. The van der Waals surface area contributed by atoms with Gasteiger partial charge in [-0.2, -0.15) is 0 Å². The molecule has 0 heterocycles. The lowest BCUT2D eigenvalue weighted by Gasteiger charge is -2.18. The second-order valence-electron chi connectivity index (χ2n) is 9.42. The SMILES string of the molecule is [CH2]CC/C=C/CCC(CCCCCCCCCCCCCCC[CH2])CC(C)C. The molecule has 0 saturated carbocycles. The zero-order valence-corrected chi connectivity index (χ0v) is 19.9. The number of hydrogen-bond donors (Lipinski definition) is 0. The summed E-state index contributed by atoms with van der Waals surface area (Å²) in [7, 11) is 0. The molecule has 0 aliphatic carbocycles. The molecule has 28 heavy (non-hydrogen) atoms. The molecule has 0 N–H and O–H groups in total. The van der Waals surface area contributed by atoms with E-state index in [0.717, 1.165) is 31.1 Å². The van der Waals surface area contributed by atoms with Crippen molar-refractivity contribution in [2.75, 3.05) is 0 Å². The highest BCUT2D eigenvalue weighted by Crippen LogP contribution is 2.24. The number of hydrogen-bond acceptors (Lipinski definition) is 0. The number of rotatable bonds is 22. The van der Waals surface area contributed by atoms with E-state index in [-0.39, 0.29) is 0 Å². The van der Waals surface area contributed by atoms with E-state index < -0.39 is 0 Å². The third-order valence-electron chi connectivity index (χ3n) is 5.95. The molecule has 0 spiro atoms. The summed E-state index contributed by atoms with van der Waals surface area (Å²) in [6.07, 6.45) is 32.3. The van der Waals surface area contributed by atoms with Gasteiger partial charge in [0.25, 0.3) is 0 Å². The zero-order valence-electron chi connectivity index (χ0n) is 19.9. The number of unbranched alkanes of at least 4 members (excludes halogenated alkanes) is 14. The lowest BCUT2D eigenvalue weighted by Crippen LogP contribution is -2.04. The topological polar surface area (TPSA) is 0 Å². The van der Waals surface area contributed by atoms with Crippen molar-refractivity contribution in [3.05, 3.63) is 26.0 Å². The molecule has 2 radical (unpaired) electrons. The second kappa shape index (κ2) is 23.0. The second-order valence-corrected chi connectivity index (χ2v) is 9.42. The fraction of sp³-hybridized carbons (Fsp3) is 0.857. The Bertz CT molecular complexity index is 301. The zero-order chi connectivity index (χ0) is 20.7. The maximum atomic E-state index is 3.92. The minimum absolute atomic E-state index is 0.845. The predicted molar refractivity (Wildman–Crippen MR) is 131 cm³/mol. The van der Waals surface area contributed by atoms with Crippen molar-refractivity contribution in [1.29, 1.82) is 0 Å². The van der Waals surface area contributed by atoms with Crippen LogP contribution in [-0.2, 0) is 0 Å². The van der Waals surface area contributed by atoms with E-state index in [1.807, 2.05) is 0 Å². The van der Waals surface area contributed by atoms with Crippen molar-refractivity contribution < 1.29 is 0 Å². The van der Waals surface area contributed by atoms with E-state index in [2.05, 4.69) is 39.8 Å². The monoisotopic (exact) mass is 390 g/mol. The van der Waals surface area contributed by atoms with Crippen LogP contribution in [0.25, 0.3) is 0 Å². The lowest BCUT2D eigenvalue weighted by molar-refractivity contribution is 0.352. The Morgan fingerprint density at radius 3 is 1.46 bits per heavy atom. The Hall–Kier alpha value is -0.260. The van der Waals surface area contributed by atoms with E-state index in [4.69, 9.17) is 0 Å². The van der Waals surface area contributed by atoms with E-state index >= 15 is 0 Å². The first kappa shape index (κ1) is 27.7. The van der Waals surface area contributed by atoms with Crippen LogP contribution in [0.2, 0.25) is 0 Å². The average Bonchev–Trinajstić information content (AvgIpc) is 2.67. The summed E-state index contributed by atoms with van der Waals surface area (Å²) in [5.74, 6) is 1.79. The molecule has 166 valence electrons. The van der Waals surface area contributed by atoms with Crippen LogP contribution in [0.15, 0.2) is 12.2 Å². The van der Waals surface area contributed by atoms with Crippen LogP contribution in [-0.4, -0.2) is 0 Å². The molecule has 0 bridgehead atoms. The Labute approximate surface area is 180 Å². The van der Waals surface area contributed by atoms with Crippen LogP contribution in [0.1, 0.15) is 142 Å². The molecule has 0 heteroatoms. The van der Waals surface area contributed by atoms with Crippen molar-refractivity contribution in [2.24, 2.45) is 11.8 Å². The smallest absolute Gasteiger partial charge is 0.0348 e. The third kappa shape index (κ3) is 22.0. The van der Waals surface area contributed by atoms with Crippen molar-refractivity contribution in [3.63, 3.8) is 0 Å². The van der Waals surface area contributed by atoms with Crippen LogP contribution in [0, 0.1) is 25.7 Å². The van der Waals surface area contributed by atoms with Crippen molar-refractivity contribution in [2.45, 2.75) is 142 Å². The van der Waals surface area contributed by atoms with Crippen LogP contribution in [0.5, 0.6) is 0 Å².